The summed E-state index contributed by atoms with van der Waals surface area (Å²) in [6.45, 7) is 3.28. The van der Waals surface area contributed by atoms with Crippen LogP contribution in [0.5, 0.6) is 5.75 Å². The molecule has 1 amide bonds. The number of hydrogen-bond acceptors (Lipinski definition) is 4. The van der Waals surface area contributed by atoms with Gasteiger partial charge in [0.25, 0.3) is 5.91 Å². The average Bonchev–Trinajstić information content (AvgIpc) is 2.73. The van der Waals surface area contributed by atoms with Crippen LogP contribution in [0.3, 0.4) is 0 Å². The Morgan fingerprint density at radius 2 is 1.53 bits per heavy atom. The minimum Gasteiger partial charge on any atom is -0.426 e. The van der Waals surface area contributed by atoms with Crippen LogP contribution in [0.2, 0.25) is 0 Å². The maximum Gasteiger partial charge on any atom is 0.308 e. The summed E-state index contributed by atoms with van der Waals surface area (Å²) in [6, 6.07) is 21.0. The Labute approximate surface area is 175 Å². The summed E-state index contributed by atoms with van der Waals surface area (Å²) in [5.41, 5.74) is 3.39. The topological polar surface area (TPSA) is 72.5 Å². The molecule has 0 aliphatic heterocycles. The van der Waals surface area contributed by atoms with Gasteiger partial charge in [0.15, 0.2) is 5.78 Å². The fraction of sp³-hybridized carbons (Fsp3) is 0.0800. The minimum atomic E-state index is -0.503. The Balaban J connectivity index is 1.67. The number of ketones is 1. The van der Waals surface area contributed by atoms with E-state index < -0.39 is 11.9 Å². The molecule has 0 fully saturated rings. The molecule has 0 saturated carbocycles. The van der Waals surface area contributed by atoms with Crippen molar-refractivity contribution < 1.29 is 19.1 Å². The molecule has 3 aromatic rings. The molecule has 0 aromatic heterocycles. The highest BCUT2D eigenvalue weighted by atomic mass is 16.5. The van der Waals surface area contributed by atoms with Gasteiger partial charge in [0.1, 0.15) is 5.75 Å². The lowest BCUT2D eigenvalue weighted by Crippen LogP contribution is -2.14. The van der Waals surface area contributed by atoms with Gasteiger partial charge in [0, 0.05) is 18.2 Å². The Kier molecular flexibility index (Phi) is 6.55. The lowest BCUT2D eigenvalue weighted by molar-refractivity contribution is -0.131. The first-order chi connectivity index (χ1) is 14.4. The number of ether oxygens (including phenoxy) is 1. The molecular formula is C25H21NO4. The quantitative estimate of drug-likeness (QED) is 0.272. The molecule has 0 radical (unpaired) electrons. The summed E-state index contributed by atoms with van der Waals surface area (Å²) in [5.74, 6) is -0.855. The summed E-state index contributed by atoms with van der Waals surface area (Å²) < 4.78 is 5.07. The van der Waals surface area contributed by atoms with E-state index in [2.05, 4.69) is 5.32 Å². The third kappa shape index (κ3) is 5.52. The van der Waals surface area contributed by atoms with Crippen molar-refractivity contribution in [1.29, 1.82) is 0 Å². The zero-order valence-corrected chi connectivity index (χ0v) is 16.7. The van der Waals surface area contributed by atoms with E-state index in [-0.39, 0.29) is 17.1 Å². The average molecular weight is 399 g/mol. The van der Waals surface area contributed by atoms with Crippen molar-refractivity contribution in [2.75, 3.05) is 5.32 Å². The molecule has 0 heterocycles. The summed E-state index contributed by atoms with van der Waals surface area (Å²) in [4.78, 5) is 36.1. The van der Waals surface area contributed by atoms with Gasteiger partial charge >= 0.3 is 5.97 Å². The van der Waals surface area contributed by atoms with E-state index in [0.717, 1.165) is 11.1 Å². The number of benzene rings is 3. The van der Waals surface area contributed by atoms with Crippen molar-refractivity contribution in [3.63, 3.8) is 0 Å². The summed E-state index contributed by atoms with van der Waals surface area (Å²) >= 11 is 0. The number of para-hydroxylation sites is 1. The zero-order chi connectivity index (χ0) is 21.5. The molecule has 5 heteroatoms. The molecule has 0 aliphatic rings. The second-order valence-electron chi connectivity index (χ2n) is 6.73. The predicted octanol–water partition coefficient (Wildman–Crippen LogP) is 5.07. The number of carbonyl (C=O) groups excluding carboxylic acids is 3. The lowest BCUT2D eigenvalue weighted by atomic mass is 10.1. The Hall–Kier alpha value is -3.99. The monoisotopic (exact) mass is 399 g/mol. The number of carbonyl (C=O) groups is 3. The molecular weight excluding hydrogens is 378 g/mol. The van der Waals surface area contributed by atoms with E-state index in [4.69, 9.17) is 4.74 Å². The summed E-state index contributed by atoms with van der Waals surface area (Å²) in [5, 5.41) is 2.74. The number of rotatable bonds is 6. The van der Waals surface area contributed by atoms with Crippen molar-refractivity contribution in [3.05, 3.63) is 101 Å². The molecule has 0 saturated heterocycles. The first-order valence-corrected chi connectivity index (χ1v) is 9.40. The SMILES string of the molecule is CC(=O)Oc1ccccc1C(=O)Nc1ccc(C(=O)/C=C/c2ccc(C)cc2)cc1. The first kappa shape index (κ1) is 20.7. The van der Waals surface area contributed by atoms with Crippen LogP contribution in [-0.2, 0) is 4.79 Å². The van der Waals surface area contributed by atoms with Gasteiger partial charge in [0.2, 0.25) is 0 Å². The van der Waals surface area contributed by atoms with Gasteiger partial charge in [-0.15, -0.1) is 0 Å². The molecule has 30 heavy (non-hydrogen) atoms. The summed E-state index contributed by atoms with van der Waals surface area (Å²) in [6.07, 6.45) is 3.29. The van der Waals surface area contributed by atoms with Crippen molar-refractivity contribution in [3.8, 4) is 5.75 Å². The Morgan fingerprint density at radius 3 is 2.20 bits per heavy atom. The van der Waals surface area contributed by atoms with Crippen LogP contribution in [0.15, 0.2) is 78.9 Å². The normalized spacial score (nSPS) is 10.6. The highest BCUT2D eigenvalue weighted by Gasteiger charge is 2.14. The van der Waals surface area contributed by atoms with Crippen LogP contribution >= 0.6 is 0 Å². The minimum absolute atomic E-state index is 0.131. The molecule has 0 bridgehead atoms. The van der Waals surface area contributed by atoms with Gasteiger partial charge in [-0.25, -0.2) is 0 Å². The number of esters is 1. The number of amides is 1. The first-order valence-electron chi connectivity index (χ1n) is 9.40. The maximum absolute atomic E-state index is 12.5. The molecule has 150 valence electrons. The van der Waals surface area contributed by atoms with Crippen LogP contribution < -0.4 is 10.1 Å². The van der Waals surface area contributed by atoms with Crippen molar-refractivity contribution in [2.24, 2.45) is 0 Å². The lowest BCUT2D eigenvalue weighted by Gasteiger charge is -2.09. The second kappa shape index (κ2) is 9.47. The van der Waals surface area contributed by atoms with Crippen LogP contribution in [0.4, 0.5) is 5.69 Å². The molecule has 3 aromatic carbocycles. The van der Waals surface area contributed by atoms with Gasteiger partial charge in [-0.2, -0.15) is 0 Å². The van der Waals surface area contributed by atoms with Crippen LogP contribution in [0, 0.1) is 6.92 Å². The van der Waals surface area contributed by atoms with Crippen LogP contribution in [0.25, 0.3) is 6.08 Å². The second-order valence-corrected chi connectivity index (χ2v) is 6.73. The smallest absolute Gasteiger partial charge is 0.308 e. The third-order valence-corrected chi connectivity index (χ3v) is 4.32. The molecule has 5 nitrogen and oxygen atoms in total. The van der Waals surface area contributed by atoms with E-state index in [1.54, 1.807) is 54.6 Å². The van der Waals surface area contributed by atoms with E-state index in [1.807, 2.05) is 31.2 Å². The van der Waals surface area contributed by atoms with E-state index >= 15 is 0 Å². The number of hydrogen-bond donors (Lipinski definition) is 1. The van der Waals surface area contributed by atoms with Crippen molar-refractivity contribution in [1.82, 2.24) is 0 Å². The van der Waals surface area contributed by atoms with Crippen LogP contribution in [0.1, 0.15) is 38.8 Å². The van der Waals surface area contributed by atoms with Crippen LogP contribution in [-0.4, -0.2) is 17.7 Å². The summed E-state index contributed by atoms with van der Waals surface area (Å²) in [7, 11) is 0. The van der Waals surface area contributed by atoms with Crippen molar-refractivity contribution >= 4 is 29.4 Å². The fourth-order valence-electron chi connectivity index (χ4n) is 2.76. The van der Waals surface area contributed by atoms with Gasteiger partial charge in [-0.05, 0) is 55.0 Å². The number of nitrogens with one attached hydrogen (secondary N) is 1. The van der Waals surface area contributed by atoms with Crippen molar-refractivity contribution in [2.45, 2.75) is 13.8 Å². The Bertz CT molecular complexity index is 1100. The van der Waals surface area contributed by atoms with E-state index in [1.165, 1.54) is 13.0 Å². The van der Waals surface area contributed by atoms with Gasteiger partial charge in [0.05, 0.1) is 5.56 Å². The van der Waals surface area contributed by atoms with Gasteiger partial charge < -0.3 is 10.1 Å². The maximum atomic E-state index is 12.5. The highest BCUT2D eigenvalue weighted by Crippen LogP contribution is 2.20. The third-order valence-electron chi connectivity index (χ3n) is 4.32. The number of allylic oxidation sites excluding steroid dienone is 1. The van der Waals surface area contributed by atoms with Gasteiger partial charge in [-0.3, -0.25) is 14.4 Å². The highest BCUT2D eigenvalue weighted by molar-refractivity contribution is 6.08. The molecule has 0 spiro atoms. The Morgan fingerprint density at radius 1 is 0.867 bits per heavy atom. The predicted molar refractivity (Wildman–Crippen MR) is 117 cm³/mol. The number of aryl methyl sites for hydroxylation is 1. The number of anilines is 1. The standard InChI is InChI=1S/C25H21NO4/c1-17-7-9-19(10-8-17)11-16-23(28)20-12-14-21(15-13-20)26-25(29)22-5-3-4-6-24(22)30-18(2)27/h3-16H,1-2H3,(H,26,29)/b16-11+. The molecule has 0 unspecified atom stereocenters. The zero-order valence-electron chi connectivity index (χ0n) is 16.7. The molecule has 3 rings (SSSR count). The molecule has 0 atom stereocenters. The molecule has 1 N–H and O–H groups in total. The van der Waals surface area contributed by atoms with E-state index in [0.29, 0.717) is 11.3 Å². The molecule has 0 aliphatic carbocycles. The van der Waals surface area contributed by atoms with E-state index in [9.17, 15) is 14.4 Å². The largest absolute Gasteiger partial charge is 0.426 e. The van der Waals surface area contributed by atoms with Gasteiger partial charge in [-0.1, -0.05) is 48.0 Å². The fourth-order valence-corrected chi connectivity index (χ4v) is 2.76.